The van der Waals surface area contributed by atoms with Crippen molar-refractivity contribution in [3.63, 3.8) is 0 Å². The number of rotatable bonds is 8. The third kappa shape index (κ3) is 7.34. The van der Waals surface area contributed by atoms with Crippen molar-refractivity contribution in [2.45, 2.75) is 66.2 Å². The Morgan fingerprint density at radius 1 is 1.08 bits per heavy atom. The number of hydrogen-bond acceptors (Lipinski definition) is 1. The van der Waals surface area contributed by atoms with Crippen molar-refractivity contribution in [2.75, 3.05) is 7.11 Å². The largest absolute Gasteiger partial charge is 0.501 e. The number of methoxy groups -OCH3 is 1. The van der Waals surface area contributed by atoms with Crippen LogP contribution in [0.1, 0.15) is 64.2 Å². The molecule has 0 atom stereocenters. The van der Waals surface area contributed by atoms with E-state index in [0.717, 1.165) is 12.2 Å². The zero-order valence-electron chi connectivity index (χ0n) is 17.3. The topological polar surface area (TPSA) is 9.23 Å². The van der Waals surface area contributed by atoms with Crippen molar-refractivity contribution in [2.24, 2.45) is 5.41 Å². The zero-order chi connectivity index (χ0) is 19.1. The summed E-state index contributed by atoms with van der Waals surface area (Å²) in [6.07, 6.45) is 10.9. The Hall–Kier alpha value is -1.76. The number of allylic oxidation sites excluding steroid dienone is 5. The number of benzene rings is 1. The van der Waals surface area contributed by atoms with E-state index in [1.165, 1.54) is 29.5 Å². The number of hydrogen-bond donors (Lipinski definition) is 0. The molecule has 0 aromatic heterocycles. The maximum absolute atomic E-state index is 5.50. The van der Waals surface area contributed by atoms with Crippen LogP contribution in [0.4, 0.5) is 0 Å². The molecule has 0 saturated carbocycles. The Balaban J connectivity index is 2.94. The lowest BCUT2D eigenvalue weighted by molar-refractivity contribution is 0.283. The van der Waals surface area contributed by atoms with Crippen molar-refractivity contribution in [3.8, 4) is 0 Å². The molecule has 1 aromatic carbocycles. The van der Waals surface area contributed by atoms with Gasteiger partial charge in [0.1, 0.15) is 0 Å². The first kappa shape index (κ1) is 21.3. The highest BCUT2D eigenvalue weighted by atomic mass is 16.5. The molecule has 0 radical (unpaired) electrons. The fraction of sp³-hybridized carbons (Fsp3) is 0.500. The third-order valence-electron chi connectivity index (χ3n) is 4.78. The smallest absolute Gasteiger partial charge is 0.0999 e. The number of aryl methyl sites for hydroxylation is 1. The lowest BCUT2D eigenvalue weighted by Crippen LogP contribution is -2.20. The molecule has 25 heavy (non-hydrogen) atoms. The van der Waals surface area contributed by atoms with Crippen LogP contribution < -0.4 is 0 Å². The summed E-state index contributed by atoms with van der Waals surface area (Å²) in [6.45, 7) is 17.5. The maximum atomic E-state index is 5.50. The van der Waals surface area contributed by atoms with Crippen LogP contribution in [0, 0.1) is 12.3 Å². The summed E-state index contributed by atoms with van der Waals surface area (Å²) >= 11 is 0. The van der Waals surface area contributed by atoms with E-state index in [0.29, 0.717) is 5.41 Å². The van der Waals surface area contributed by atoms with Crippen molar-refractivity contribution in [3.05, 3.63) is 71.5 Å². The van der Waals surface area contributed by atoms with Crippen molar-refractivity contribution in [1.29, 1.82) is 0 Å². The Morgan fingerprint density at radius 3 is 2.28 bits per heavy atom. The van der Waals surface area contributed by atoms with Gasteiger partial charge in [-0.05, 0) is 53.4 Å². The van der Waals surface area contributed by atoms with Crippen LogP contribution in [0.3, 0.4) is 0 Å². The highest BCUT2D eigenvalue weighted by Crippen LogP contribution is 2.34. The minimum absolute atomic E-state index is 0.198. The Kier molecular flexibility index (Phi) is 7.73. The highest BCUT2D eigenvalue weighted by Gasteiger charge is 2.24. The molecular weight excluding hydrogens is 304 g/mol. The lowest BCUT2D eigenvalue weighted by atomic mass is 9.75. The van der Waals surface area contributed by atoms with E-state index in [4.69, 9.17) is 4.74 Å². The van der Waals surface area contributed by atoms with Gasteiger partial charge in [-0.3, -0.25) is 0 Å². The van der Waals surface area contributed by atoms with E-state index in [9.17, 15) is 0 Å². The predicted molar refractivity (Wildman–Crippen MR) is 111 cm³/mol. The second kappa shape index (κ2) is 9.08. The van der Waals surface area contributed by atoms with Gasteiger partial charge in [0.15, 0.2) is 0 Å². The van der Waals surface area contributed by atoms with Crippen LogP contribution in [-0.2, 0) is 16.6 Å². The lowest BCUT2D eigenvalue weighted by Gasteiger charge is -2.30. The van der Waals surface area contributed by atoms with Crippen molar-refractivity contribution in [1.82, 2.24) is 0 Å². The molecule has 0 amide bonds. The first-order chi connectivity index (χ1) is 11.6. The van der Waals surface area contributed by atoms with Gasteiger partial charge in [0.05, 0.1) is 12.9 Å². The van der Waals surface area contributed by atoms with E-state index in [1.807, 2.05) is 18.2 Å². The fourth-order valence-electron chi connectivity index (χ4n) is 2.78. The molecule has 0 aliphatic heterocycles. The van der Waals surface area contributed by atoms with Crippen LogP contribution in [0.5, 0.6) is 0 Å². The average Bonchev–Trinajstić information content (AvgIpc) is 2.53. The summed E-state index contributed by atoms with van der Waals surface area (Å²) < 4.78 is 5.50. The van der Waals surface area contributed by atoms with Gasteiger partial charge in [-0.1, -0.05) is 77.6 Å². The summed E-state index contributed by atoms with van der Waals surface area (Å²) in [4.78, 5) is 0. The average molecular weight is 341 g/mol. The van der Waals surface area contributed by atoms with Crippen LogP contribution in [0.2, 0.25) is 0 Å². The standard InChI is InChI=1S/C24H36O/c1-9-10-11-12-22(25-8)18-20-13-14-21(17-19(20)2)24(6,7)16-15-23(3,4)5/h9-14,17H,1,15-16,18H2,2-8H3/b11-10+,22-12-. The molecule has 1 rings (SSSR count). The van der Waals surface area contributed by atoms with Gasteiger partial charge in [-0.25, -0.2) is 0 Å². The van der Waals surface area contributed by atoms with Gasteiger partial charge in [0.25, 0.3) is 0 Å². The molecule has 1 nitrogen and oxygen atoms in total. The maximum Gasteiger partial charge on any atom is 0.0999 e. The molecule has 0 fully saturated rings. The predicted octanol–water partition coefficient (Wildman–Crippen LogP) is 6.91. The summed E-state index contributed by atoms with van der Waals surface area (Å²) in [5.74, 6) is 0.959. The minimum Gasteiger partial charge on any atom is -0.501 e. The van der Waals surface area contributed by atoms with Gasteiger partial charge >= 0.3 is 0 Å². The minimum atomic E-state index is 0.198. The molecule has 0 saturated heterocycles. The van der Waals surface area contributed by atoms with E-state index < -0.39 is 0 Å². The second-order valence-electron chi connectivity index (χ2n) is 8.72. The SMILES string of the molecule is C=C/C=C/C=C(/Cc1ccc(C(C)(C)CCC(C)(C)C)cc1C)OC. The van der Waals surface area contributed by atoms with E-state index in [1.54, 1.807) is 13.2 Å². The molecule has 0 spiro atoms. The van der Waals surface area contributed by atoms with Gasteiger partial charge in [0, 0.05) is 6.42 Å². The summed E-state index contributed by atoms with van der Waals surface area (Å²) in [5.41, 5.74) is 4.65. The van der Waals surface area contributed by atoms with Crippen LogP contribution in [0.25, 0.3) is 0 Å². The zero-order valence-corrected chi connectivity index (χ0v) is 17.3. The molecule has 0 bridgehead atoms. The quantitative estimate of drug-likeness (QED) is 0.369. The number of ether oxygens (including phenoxy) is 1. The van der Waals surface area contributed by atoms with Crippen LogP contribution >= 0.6 is 0 Å². The molecule has 0 heterocycles. The van der Waals surface area contributed by atoms with Crippen LogP contribution in [0.15, 0.2) is 54.8 Å². The highest BCUT2D eigenvalue weighted by molar-refractivity contribution is 5.36. The van der Waals surface area contributed by atoms with E-state index >= 15 is 0 Å². The van der Waals surface area contributed by atoms with E-state index in [-0.39, 0.29) is 5.41 Å². The second-order valence-corrected chi connectivity index (χ2v) is 8.72. The van der Waals surface area contributed by atoms with Crippen molar-refractivity contribution >= 4 is 0 Å². The molecule has 0 unspecified atom stereocenters. The van der Waals surface area contributed by atoms with Crippen molar-refractivity contribution < 1.29 is 4.74 Å². The van der Waals surface area contributed by atoms with Gasteiger partial charge in [0.2, 0.25) is 0 Å². The first-order valence-corrected chi connectivity index (χ1v) is 9.21. The molecule has 0 N–H and O–H groups in total. The normalized spacial score (nSPS) is 13.3. The monoisotopic (exact) mass is 340 g/mol. The summed E-state index contributed by atoms with van der Waals surface area (Å²) in [5, 5.41) is 0. The summed E-state index contributed by atoms with van der Waals surface area (Å²) in [6, 6.07) is 6.90. The molecule has 0 aliphatic carbocycles. The molecule has 138 valence electrons. The summed E-state index contributed by atoms with van der Waals surface area (Å²) in [7, 11) is 1.73. The Bertz CT molecular complexity index is 624. The van der Waals surface area contributed by atoms with Gasteiger partial charge in [-0.15, -0.1) is 0 Å². The third-order valence-corrected chi connectivity index (χ3v) is 4.78. The molecule has 1 heteroatoms. The van der Waals surface area contributed by atoms with Crippen LogP contribution in [-0.4, -0.2) is 7.11 Å². The Morgan fingerprint density at radius 2 is 1.76 bits per heavy atom. The molecule has 0 aliphatic rings. The Labute approximate surface area is 155 Å². The fourth-order valence-corrected chi connectivity index (χ4v) is 2.78. The molecular formula is C24H36O. The van der Waals surface area contributed by atoms with Gasteiger partial charge in [-0.2, -0.15) is 0 Å². The van der Waals surface area contributed by atoms with E-state index in [2.05, 4.69) is 66.3 Å². The first-order valence-electron chi connectivity index (χ1n) is 9.21. The van der Waals surface area contributed by atoms with Gasteiger partial charge < -0.3 is 4.74 Å². The molecule has 1 aromatic rings.